The summed E-state index contributed by atoms with van der Waals surface area (Å²) in [6, 6.07) is 42.6. The maximum absolute atomic E-state index is 2.53. The summed E-state index contributed by atoms with van der Waals surface area (Å²) in [5.74, 6) is 0. The number of hydrogen-bond donors (Lipinski definition) is 0. The Bertz CT molecular complexity index is 2070. The van der Waals surface area contributed by atoms with Gasteiger partial charge in [0.2, 0.25) is 0 Å². The molecule has 2 heteroatoms. The van der Waals surface area contributed by atoms with Crippen LogP contribution in [0.4, 0.5) is 28.4 Å². The van der Waals surface area contributed by atoms with E-state index < -0.39 is 0 Å². The third-order valence-corrected chi connectivity index (χ3v) is 10.3. The highest BCUT2D eigenvalue weighted by Gasteiger charge is 2.45. The van der Waals surface area contributed by atoms with E-state index in [4.69, 9.17) is 0 Å². The minimum atomic E-state index is -0.212. The molecule has 0 saturated carbocycles. The fourth-order valence-electron chi connectivity index (χ4n) is 7.61. The van der Waals surface area contributed by atoms with Crippen molar-refractivity contribution >= 4 is 28.4 Å². The number of anilines is 5. The van der Waals surface area contributed by atoms with Crippen molar-refractivity contribution in [3.8, 4) is 11.1 Å². The highest BCUT2D eigenvalue weighted by atomic mass is 15.2. The Morgan fingerprint density at radius 1 is 0.596 bits per heavy atom. The van der Waals surface area contributed by atoms with Gasteiger partial charge in [0.1, 0.15) is 0 Å². The molecule has 7 rings (SSSR count). The Hall–Kier alpha value is -5.08. The minimum absolute atomic E-state index is 0.0942. The lowest BCUT2D eigenvalue weighted by atomic mass is 9.66. The molecule has 0 fully saturated rings. The summed E-state index contributed by atoms with van der Waals surface area (Å²) in [5.41, 5.74) is 16.0. The molecule has 0 amide bonds. The van der Waals surface area contributed by atoms with Gasteiger partial charge in [0.25, 0.3) is 0 Å². The van der Waals surface area contributed by atoms with Crippen molar-refractivity contribution < 1.29 is 0 Å². The van der Waals surface area contributed by atoms with Crippen molar-refractivity contribution in [2.75, 3.05) is 9.80 Å². The van der Waals surface area contributed by atoms with Gasteiger partial charge in [-0.3, -0.25) is 0 Å². The summed E-state index contributed by atoms with van der Waals surface area (Å²) in [5, 5.41) is 0. The van der Waals surface area contributed by atoms with Crippen LogP contribution in [0.3, 0.4) is 0 Å². The molecule has 0 N–H and O–H groups in total. The number of para-hydroxylation sites is 2. The van der Waals surface area contributed by atoms with E-state index in [1.807, 2.05) is 0 Å². The molecule has 5 aromatic rings. The fourth-order valence-corrected chi connectivity index (χ4v) is 7.61. The summed E-state index contributed by atoms with van der Waals surface area (Å²) in [6.45, 7) is 15.9. The first kappa shape index (κ1) is 30.6. The number of allylic oxidation sites excluding steroid dienone is 5. The Kier molecular flexibility index (Phi) is 7.56. The molecule has 0 atom stereocenters. The largest absolute Gasteiger partial charge is 0.310 e. The van der Waals surface area contributed by atoms with Gasteiger partial charge in [-0.25, -0.2) is 0 Å². The number of fused-ring (bicyclic) bond motifs is 4. The molecule has 5 aromatic carbocycles. The van der Waals surface area contributed by atoms with Crippen molar-refractivity contribution in [1.29, 1.82) is 0 Å². The Morgan fingerprint density at radius 3 is 1.91 bits per heavy atom. The first-order valence-corrected chi connectivity index (χ1v) is 16.8. The van der Waals surface area contributed by atoms with Crippen molar-refractivity contribution in [1.82, 2.24) is 0 Å². The van der Waals surface area contributed by atoms with Gasteiger partial charge in [-0.15, -0.1) is 0 Å². The van der Waals surface area contributed by atoms with E-state index in [1.54, 1.807) is 0 Å². The number of rotatable bonds is 6. The van der Waals surface area contributed by atoms with E-state index in [0.717, 1.165) is 17.1 Å². The van der Waals surface area contributed by atoms with Crippen LogP contribution >= 0.6 is 0 Å². The Balaban J connectivity index is 1.48. The molecule has 0 spiro atoms. The zero-order valence-corrected chi connectivity index (χ0v) is 28.7. The highest BCUT2D eigenvalue weighted by Crippen LogP contribution is 2.60. The van der Waals surface area contributed by atoms with Crippen molar-refractivity contribution in [2.24, 2.45) is 0 Å². The quantitative estimate of drug-likeness (QED) is 0.176. The summed E-state index contributed by atoms with van der Waals surface area (Å²) >= 11 is 0. The van der Waals surface area contributed by atoms with E-state index in [2.05, 4.69) is 198 Å². The Morgan fingerprint density at radius 2 is 1.19 bits per heavy atom. The third kappa shape index (κ3) is 4.86. The van der Waals surface area contributed by atoms with Crippen molar-refractivity contribution in [3.63, 3.8) is 0 Å². The van der Waals surface area contributed by atoms with Gasteiger partial charge < -0.3 is 9.80 Å². The van der Waals surface area contributed by atoms with Crippen LogP contribution in [0.15, 0.2) is 151 Å². The maximum Gasteiger partial charge on any atom is 0.0543 e. The van der Waals surface area contributed by atoms with Crippen LogP contribution in [-0.2, 0) is 10.8 Å². The van der Waals surface area contributed by atoms with Gasteiger partial charge in [-0.2, -0.15) is 0 Å². The molecule has 2 nitrogen and oxygen atoms in total. The summed E-state index contributed by atoms with van der Waals surface area (Å²) in [4.78, 5) is 4.96. The monoisotopic (exact) mass is 612 g/mol. The molecule has 2 aliphatic rings. The average molecular weight is 613 g/mol. The molecule has 0 unspecified atom stereocenters. The molecule has 0 bridgehead atoms. The van der Waals surface area contributed by atoms with Gasteiger partial charge in [0.15, 0.2) is 0 Å². The Labute approximate surface area is 281 Å². The van der Waals surface area contributed by atoms with E-state index in [-0.39, 0.29) is 10.8 Å². The highest BCUT2D eigenvalue weighted by molar-refractivity contribution is 5.93. The van der Waals surface area contributed by atoms with Crippen molar-refractivity contribution in [3.05, 3.63) is 173 Å². The molecular weight excluding hydrogens is 569 g/mol. The van der Waals surface area contributed by atoms with Crippen LogP contribution in [0, 0.1) is 0 Å². The summed E-state index contributed by atoms with van der Waals surface area (Å²) in [7, 11) is 0. The number of hydrogen-bond acceptors (Lipinski definition) is 2. The van der Waals surface area contributed by atoms with Gasteiger partial charge in [-0.1, -0.05) is 125 Å². The predicted octanol–water partition coefficient (Wildman–Crippen LogP) is 12.7. The second-order valence-corrected chi connectivity index (χ2v) is 13.8. The second kappa shape index (κ2) is 11.6. The van der Waals surface area contributed by atoms with E-state index in [1.165, 1.54) is 56.0 Å². The first-order chi connectivity index (χ1) is 22.7. The molecule has 47 heavy (non-hydrogen) atoms. The summed E-state index contributed by atoms with van der Waals surface area (Å²) < 4.78 is 0. The van der Waals surface area contributed by atoms with Crippen LogP contribution in [0.1, 0.15) is 70.7 Å². The second-order valence-electron chi connectivity index (χ2n) is 13.8. The molecule has 0 saturated heterocycles. The zero-order valence-electron chi connectivity index (χ0n) is 28.7. The SMILES string of the molecule is C\C=C/C=C(\C(C)=C/C)N(c1cccc(-c2ccccc2)c1)c1ccc2c(c1)C(C)(C)c1cccc3c1N2c1ccccc1C3(C)C. The van der Waals surface area contributed by atoms with Crippen molar-refractivity contribution in [2.45, 2.75) is 59.3 Å². The average Bonchev–Trinajstić information content (AvgIpc) is 3.10. The molecule has 0 aliphatic carbocycles. The zero-order chi connectivity index (χ0) is 32.9. The molecule has 0 radical (unpaired) electrons. The van der Waals surface area contributed by atoms with E-state index >= 15 is 0 Å². The van der Waals surface area contributed by atoms with Crippen LogP contribution in [0.2, 0.25) is 0 Å². The molecule has 234 valence electrons. The van der Waals surface area contributed by atoms with Crippen LogP contribution in [-0.4, -0.2) is 0 Å². The van der Waals surface area contributed by atoms with Crippen LogP contribution in [0.5, 0.6) is 0 Å². The molecule has 0 aromatic heterocycles. The van der Waals surface area contributed by atoms with Crippen LogP contribution in [0.25, 0.3) is 11.1 Å². The lowest BCUT2D eigenvalue weighted by molar-refractivity contribution is 0.597. The lowest BCUT2D eigenvalue weighted by Gasteiger charge is -2.49. The smallest absolute Gasteiger partial charge is 0.0543 e. The maximum atomic E-state index is 2.53. The van der Waals surface area contributed by atoms with E-state index in [0.29, 0.717) is 0 Å². The van der Waals surface area contributed by atoms with Crippen LogP contribution < -0.4 is 9.80 Å². The lowest BCUT2D eigenvalue weighted by Crippen LogP contribution is -2.38. The van der Waals surface area contributed by atoms with Gasteiger partial charge in [0.05, 0.1) is 17.1 Å². The van der Waals surface area contributed by atoms with Gasteiger partial charge in [-0.05, 0) is 102 Å². The first-order valence-electron chi connectivity index (χ1n) is 16.8. The van der Waals surface area contributed by atoms with E-state index in [9.17, 15) is 0 Å². The topological polar surface area (TPSA) is 6.48 Å². The number of benzene rings is 5. The summed E-state index contributed by atoms with van der Waals surface area (Å²) in [6.07, 6.45) is 8.68. The molecule has 2 aliphatic heterocycles. The normalized spacial score (nSPS) is 16.0. The molecule has 2 heterocycles. The number of nitrogens with zero attached hydrogens (tertiary/aromatic N) is 2. The van der Waals surface area contributed by atoms with Gasteiger partial charge in [0, 0.05) is 27.9 Å². The predicted molar refractivity (Wildman–Crippen MR) is 202 cm³/mol. The molecular formula is C45H44N2. The third-order valence-electron chi connectivity index (χ3n) is 10.3. The fraction of sp³-hybridized carbons (Fsp3) is 0.200. The van der Waals surface area contributed by atoms with Gasteiger partial charge >= 0.3 is 0 Å². The minimum Gasteiger partial charge on any atom is -0.310 e. The standard InChI is InChI=1S/C45H44N2/c1-8-10-25-40(31(3)9-2)46(34-21-16-20-33(29-34)32-18-12-11-13-19-32)35-27-28-42-39(30-35)45(6,7)38-24-17-23-37-43(38)47(42)41-26-15-14-22-36(41)44(37,4)5/h8-30H,1-7H3/b10-8-,31-9-,40-25+.